The Morgan fingerprint density at radius 2 is 1.86 bits per heavy atom. The highest BCUT2D eigenvalue weighted by Crippen LogP contribution is 2.45. The minimum atomic E-state index is 0.371. The van der Waals surface area contributed by atoms with Gasteiger partial charge in [0, 0.05) is 18.5 Å². The summed E-state index contributed by atoms with van der Waals surface area (Å²) in [5, 5.41) is 0. The number of aliphatic imine (C=N–C) groups is 1. The van der Waals surface area contributed by atoms with Crippen LogP contribution in [-0.2, 0) is 6.54 Å². The largest absolute Gasteiger partial charge is 0.356 e. The van der Waals surface area contributed by atoms with Gasteiger partial charge < -0.3 is 4.90 Å². The Morgan fingerprint density at radius 3 is 2.57 bits per heavy atom. The Kier molecular flexibility index (Phi) is 4.42. The molecule has 1 aromatic rings. The van der Waals surface area contributed by atoms with Gasteiger partial charge in [-0.2, -0.15) is 0 Å². The second-order valence-corrected chi connectivity index (χ2v) is 6.45. The Balaban J connectivity index is 1.81. The predicted octanol–water partition coefficient (Wildman–Crippen LogP) is 4.43. The van der Waals surface area contributed by atoms with E-state index in [1.807, 2.05) is 6.08 Å². The number of benzene rings is 1. The van der Waals surface area contributed by atoms with Crippen LogP contribution in [0.1, 0.15) is 44.1 Å². The zero-order valence-corrected chi connectivity index (χ0v) is 12.9. The van der Waals surface area contributed by atoms with Crippen LogP contribution in [0.15, 0.2) is 48.0 Å². The van der Waals surface area contributed by atoms with Crippen molar-refractivity contribution in [3.05, 3.63) is 48.6 Å². The summed E-state index contributed by atoms with van der Waals surface area (Å²) < 4.78 is 0. The summed E-state index contributed by atoms with van der Waals surface area (Å²) in [4.78, 5) is 7.44. The molecule has 0 bridgehead atoms. The van der Waals surface area contributed by atoms with Crippen molar-refractivity contribution in [2.75, 3.05) is 13.1 Å². The molecular weight excluding hydrogens is 256 g/mol. The number of hydrogen-bond donors (Lipinski definition) is 0. The zero-order valence-electron chi connectivity index (χ0n) is 12.9. The Morgan fingerprint density at radius 1 is 1.10 bits per heavy atom. The van der Waals surface area contributed by atoms with Gasteiger partial charge in [-0.15, -0.1) is 6.58 Å². The maximum absolute atomic E-state index is 4.92. The van der Waals surface area contributed by atoms with Gasteiger partial charge in [-0.05, 0) is 24.8 Å². The number of amidine groups is 1. The Bertz CT molecular complexity index is 498. The SMILES string of the molecule is C=CC/N=C1\N(Cc2ccccc2)CCC12CCCCC2. The van der Waals surface area contributed by atoms with Gasteiger partial charge in [-0.25, -0.2) is 0 Å². The van der Waals surface area contributed by atoms with E-state index in [1.165, 1.54) is 49.9 Å². The first-order valence-electron chi connectivity index (χ1n) is 8.29. The average Bonchev–Trinajstić information content (AvgIpc) is 2.84. The molecule has 0 unspecified atom stereocenters. The molecular formula is C19H26N2. The molecule has 0 N–H and O–H groups in total. The van der Waals surface area contributed by atoms with Crippen LogP contribution < -0.4 is 0 Å². The van der Waals surface area contributed by atoms with Crippen LogP contribution in [0.2, 0.25) is 0 Å². The van der Waals surface area contributed by atoms with Gasteiger partial charge in [0.15, 0.2) is 0 Å². The van der Waals surface area contributed by atoms with Crippen LogP contribution in [0.5, 0.6) is 0 Å². The van der Waals surface area contributed by atoms with E-state index < -0.39 is 0 Å². The maximum Gasteiger partial charge on any atom is 0.106 e. The lowest BCUT2D eigenvalue weighted by molar-refractivity contribution is 0.286. The van der Waals surface area contributed by atoms with Crippen molar-refractivity contribution in [2.45, 2.75) is 45.1 Å². The molecule has 1 aliphatic heterocycles. The third kappa shape index (κ3) is 3.04. The Hall–Kier alpha value is -1.57. The summed E-state index contributed by atoms with van der Waals surface area (Å²) in [6, 6.07) is 10.8. The van der Waals surface area contributed by atoms with E-state index in [2.05, 4.69) is 41.8 Å². The van der Waals surface area contributed by atoms with E-state index in [0.717, 1.165) is 19.6 Å². The third-order valence-corrected chi connectivity index (χ3v) is 5.03. The molecule has 3 rings (SSSR count). The maximum atomic E-state index is 4.92. The van der Waals surface area contributed by atoms with E-state index in [9.17, 15) is 0 Å². The van der Waals surface area contributed by atoms with E-state index in [4.69, 9.17) is 4.99 Å². The average molecular weight is 282 g/mol. The second-order valence-electron chi connectivity index (χ2n) is 6.45. The smallest absolute Gasteiger partial charge is 0.106 e. The molecule has 21 heavy (non-hydrogen) atoms. The molecule has 1 saturated heterocycles. The van der Waals surface area contributed by atoms with Crippen molar-refractivity contribution in [2.24, 2.45) is 10.4 Å². The summed E-state index contributed by atoms with van der Waals surface area (Å²) in [6.45, 7) is 6.75. The molecule has 2 fully saturated rings. The van der Waals surface area contributed by atoms with Gasteiger partial charge in [-0.3, -0.25) is 4.99 Å². The molecule has 1 aliphatic carbocycles. The fourth-order valence-electron chi connectivity index (χ4n) is 3.98. The van der Waals surface area contributed by atoms with Gasteiger partial charge >= 0.3 is 0 Å². The third-order valence-electron chi connectivity index (χ3n) is 5.03. The number of likely N-dealkylation sites (tertiary alicyclic amines) is 1. The molecule has 2 nitrogen and oxygen atoms in total. The molecule has 1 spiro atoms. The molecule has 0 atom stereocenters. The molecule has 1 heterocycles. The highest BCUT2D eigenvalue weighted by Gasteiger charge is 2.44. The van der Waals surface area contributed by atoms with Gasteiger partial charge in [0.1, 0.15) is 5.84 Å². The second kappa shape index (κ2) is 6.46. The first-order chi connectivity index (χ1) is 10.3. The lowest BCUT2D eigenvalue weighted by atomic mass is 9.72. The number of rotatable bonds is 4. The molecule has 1 saturated carbocycles. The van der Waals surface area contributed by atoms with E-state index in [-0.39, 0.29) is 0 Å². The molecule has 112 valence electrons. The number of hydrogen-bond acceptors (Lipinski definition) is 1. The van der Waals surface area contributed by atoms with E-state index >= 15 is 0 Å². The standard InChI is InChI=1S/C19H26N2/c1-2-14-20-18-19(11-7-4-8-12-19)13-15-21(18)16-17-9-5-3-6-10-17/h2-3,5-6,9-10H,1,4,7-8,11-16H2/b20-18-. The lowest BCUT2D eigenvalue weighted by Gasteiger charge is -2.35. The van der Waals surface area contributed by atoms with Crippen molar-refractivity contribution in [1.82, 2.24) is 4.90 Å². The van der Waals surface area contributed by atoms with E-state index in [0.29, 0.717) is 5.41 Å². The number of nitrogens with zero attached hydrogens (tertiary/aromatic N) is 2. The van der Waals surface area contributed by atoms with Crippen molar-refractivity contribution in [3.63, 3.8) is 0 Å². The van der Waals surface area contributed by atoms with Crippen molar-refractivity contribution in [1.29, 1.82) is 0 Å². The minimum Gasteiger partial charge on any atom is -0.356 e. The van der Waals surface area contributed by atoms with Crippen molar-refractivity contribution < 1.29 is 0 Å². The summed E-state index contributed by atoms with van der Waals surface area (Å²) in [6.07, 6.45) is 9.99. The summed E-state index contributed by atoms with van der Waals surface area (Å²) in [5.41, 5.74) is 1.76. The van der Waals surface area contributed by atoms with E-state index in [1.54, 1.807) is 0 Å². The summed E-state index contributed by atoms with van der Waals surface area (Å²) >= 11 is 0. The molecule has 0 aromatic heterocycles. The minimum absolute atomic E-state index is 0.371. The highest BCUT2D eigenvalue weighted by atomic mass is 15.2. The first kappa shape index (κ1) is 14.4. The van der Waals surface area contributed by atoms with Gasteiger partial charge in [0.05, 0.1) is 6.54 Å². The quantitative estimate of drug-likeness (QED) is 0.746. The van der Waals surface area contributed by atoms with Gasteiger partial charge in [-0.1, -0.05) is 55.7 Å². The van der Waals surface area contributed by atoms with Gasteiger partial charge in [0.2, 0.25) is 0 Å². The summed E-state index contributed by atoms with van der Waals surface area (Å²) in [7, 11) is 0. The molecule has 0 amide bonds. The van der Waals surface area contributed by atoms with Gasteiger partial charge in [0.25, 0.3) is 0 Å². The highest BCUT2D eigenvalue weighted by molar-refractivity contribution is 5.90. The van der Waals surface area contributed by atoms with Crippen molar-refractivity contribution >= 4 is 5.84 Å². The normalized spacial score (nSPS) is 22.9. The molecule has 2 heteroatoms. The fourth-order valence-corrected chi connectivity index (χ4v) is 3.98. The fraction of sp³-hybridized carbons (Fsp3) is 0.526. The Labute approximate surface area is 128 Å². The van der Waals surface area contributed by atoms with Crippen LogP contribution in [0, 0.1) is 5.41 Å². The predicted molar refractivity (Wildman–Crippen MR) is 89.5 cm³/mol. The molecule has 1 aromatic carbocycles. The molecule has 0 radical (unpaired) electrons. The van der Waals surface area contributed by atoms with Crippen molar-refractivity contribution in [3.8, 4) is 0 Å². The zero-order chi connectivity index (χ0) is 14.5. The molecule has 2 aliphatic rings. The first-order valence-corrected chi connectivity index (χ1v) is 8.29. The van der Waals surface area contributed by atoms with Crippen LogP contribution in [0.3, 0.4) is 0 Å². The topological polar surface area (TPSA) is 15.6 Å². The lowest BCUT2D eigenvalue weighted by Crippen LogP contribution is -2.36. The van der Waals surface area contributed by atoms with Crippen LogP contribution in [0.25, 0.3) is 0 Å². The monoisotopic (exact) mass is 282 g/mol. The van der Waals surface area contributed by atoms with Crippen LogP contribution in [-0.4, -0.2) is 23.8 Å². The van der Waals surface area contributed by atoms with Crippen LogP contribution in [0.4, 0.5) is 0 Å². The van der Waals surface area contributed by atoms with Crippen LogP contribution >= 0.6 is 0 Å². The summed E-state index contributed by atoms with van der Waals surface area (Å²) in [5.74, 6) is 1.37.